The fourth-order valence-electron chi connectivity index (χ4n) is 2.83. The van der Waals surface area contributed by atoms with Crippen LogP contribution in [0.2, 0.25) is 0 Å². The van der Waals surface area contributed by atoms with Crippen molar-refractivity contribution in [3.8, 4) is 5.75 Å². The summed E-state index contributed by atoms with van der Waals surface area (Å²) in [6.07, 6.45) is 1.66. The van der Waals surface area contributed by atoms with E-state index in [1.165, 1.54) is 0 Å². The van der Waals surface area contributed by atoms with E-state index in [4.69, 9.17) is 4.74 Å². The van der Waals surface area contributed by atoms with Crippen LogP contribution in [0.1, 0.15) is 32.3 Å². The van der Waals surface area contributed by atoms with Gasteiger partial charge in [0.2, 0.25) is 5.91 Å². The quantitative estimate of drug-likeness (QED) is 0.867. The SMILES string of the molecule is COc1cccc(CNC(=O)[C@H]2CCCN(C(=O)NC(C)C)C2)c1. The van der Waals surface area contributed by atoms with Crippen molar-refractivity contribution < 1.29 is 14.3 Å². The number of nitrogens with zero attached hydrogens (tertiary/aromatic N) is 1. The van der Waals surface area contributed by atoms with Crippen LogP contribution >= 0.6 is 0 Å². The van der Waals surface area contributed by atoms with Crippen LogP contribution in [0.15, 0.2) is 24.3 Å². The zero-order valence-corrected chi connectivity index (χ0v) is 14.7. The number of nitrogens with one attached hydrogen (secondary N) is 2. The van der Waals surface area contributed by atoms with Crippen LogP contribution in [0, 0.1) is 5.92 Å². The third-order valence-electron chi connectivity index (χ3n) is 4.09. The standard InChI is InChI=1S/C18H27N3O3/c1-13(2)20-18(23)21-9-5-7-15(12-21)17(22)19-11-14-6-4-8-16(10-14)24-3/h4,6,8,10,13,15H,5,7,9,11-12H2,1-3H3,(H,19,22)(H,20,23)/t15-/m0/s1. The van der Waals surface area contributed by atoms with Crippen LogP contribution in [-0.4, -0.2) is 43.1 Å². The number of amides is 3. The van der Waals surface area contributed by atoms with Gasteiger partial charge in [-0.2, -0.15) is 0 Å². The molecule has 1 fully saturated rings. The Morgan fingerprint density at radius 3 is 2.88 bits per heavy atom. The maximum absolute atomic E-state index is 12.4. The minimum Gasteiger partial charge on any atom is -0.497 e. The Morgan fingerprint density at radius 1 is 1.38 bits per heavy atom. The first-order valence-corrected chi connectivity index (χ1v) is 8.45. The first-order chi connectivity index (χ1) is 11.5. The van der Waals surface area contributed by atoms with Gasteiger partial charge < -0.3 is 20.3 Å². The fraction of sp³-hybridized carbons (Fsp3) is 0.556. The Labute approximate surface area is 143 Å². The average molecular weight is 333 g/mol. The van der Waals surface area contributed by atoms with Gasteiger partial charge in [0, 0.05) is 25.7 Å². The van der Waals surface area contributed by atoms with E-state index in [9.17, 15) is 9.59 Å². The topological polar surface area (TPSA) is 70.7 Å². The molecule has 1 saturated heterocycles. The number of methoxy groups -OCH3 is 1. The third-order valence-corrected chi connectivity index (χ3v) is 4.09. The fourth-order valence-corrected chi connectivity index (χ4v) is 2.83. The molecule has 0 bridgehead atoms. The summed E-state index contributed by atoms with van der Waals surface area (Å²) in [6, 6.07) is 7.64. The normalized spacial score (nSPS) is 17.5. The van der Waals surface area contributed by atoms with E-state index in [-0.39, 0.29) is 23.9 Å². The van der Waals surface area contributed by atoms with E-state index in [1.807, 2.05) is 38.1 Å². The molecule has 0 aliphatic carbocycles. The Hall–Kier alpha value is -2.24. The number of ether oxygens (including phenoxy) is 1. The van der Waals surface area contributed by atoms with Crippen molar-refractivity contribution in [2.75, 3.05) is 20.2 Å². The highest BCUT2D eigenvalue weighted by Gasteiger charge is 2.28. The van der Waals surface area contributed by atoms with Crippen LogP contribution < -0.4 is 15.4 Å². The number of piperidine rings is 1. The summed E-state index contributed by atoms with van der Waals surface area (Å²) in [5.74, 6) is 0.623. The summed E-state index contributed by atoms with van der Waals surface area (Å²) in [4.78, 5) is 26.2. The molecular formula is C18H27N3O3. The highest BCUT2D eigenvalue weighted by atomic mass is 16.5. The number of hydrogen-bond donors (Lipinski definition) is 2. The molecular weight excluding hydrogens is 306 g/mol. The molecule has 1 heterocycles. The lowest BCUT2D eigenvalue weighted by Gasteiger charge is -2.32. The van der Waals surface area contributed by atoms with Crippen LogP contribution in [0.5, 0.6) is 5.75 Å². The van der Waals surface area contributed by atoms with Gasteiger partial charge in [-0.25, -0.2) is 4.79 Å². The molecule has 132 valence electrons. The molecule has 0 saturated carbocycles. The van der Waals surface area contributed by atoms with Gasteiger partial charge in [0.15, 0.2) is 0 Å². The molecule has 1 aliphatic heterocycles. The van der Waals surface area contributed by atoms with E-state index in [0.29, 0.717) is 19.6 Å². The third kappa shape index (κ3) is 5.15. The van der Waals surface area contributed by atoms with Crippen LogP contribution in [0.25, 0.3) is 0 Å². The van der Waals surface area contributed by atoms with Gasteiger partial charge in [0.1, 0.15) is 5.75 Å². The molecule has 6 nitrogen and oxygen atoms in total. The maximum atomic E-state index is 12.4. The smallest absolute Gasteiger partial charge is 0.317 e. The van der Waals surface area contributed by atoms with E-state index < -0.39 is 0 Å². The minimum absolute atomic E-state index is 0.000123. The predicted molar refractivity (Wildman–Crippen MR) is 92.8 cm³/mol. The molecule has 0 unspecified atom stereocenters. The van der Waals surface area contributed by atoms with Crippen LogP contribution in [-0.2, 0) is 11.3 Å². The Kier molecular flexibility index (Phi) is 6.46. The van der Waals surface area contributed by atoms with Gasteiger partial charge in [-0.15, -0.1) is 0 Å². The van der Waals surface area contributed by atoms with Crippen molar-refractivity contribution in [2.45, 2.75) is 39.3 Å². The monoisotopic (exact) mass is 333 g/mol. The van der Waals surface area contributed by atoms with E-state index in [2.05, 4.69) is 10.6 Å². The number of hydrogen-bond acceptors (Lipinski definition) is 3. The molecule has 24 heavy (non-hydrogen) atoms. The van der Waals surface area contributed by atoms with Crippen molar-refractivity contribution in [1.82, 2.24) is 15.5 Å². The van der Waals surface area contributed by atoms with Gasteiger partial charge in [-0.05, 0) is 44.4 Å². The number of benzene rings is 1. The first kappa shape index (κ1) is 18.1. The molecule has 3 amide bonds. The molecule has 6 heteroatoms. The second-order valence-electron chi connectivity index (χ2n) is 6.46. The minimum atomic E-state index is -0.151. The Balaban J connectivity index is 1.86. The van der Waals surface area contributed by atoms with Crippen molar-refractivity contribution in [3.63, 3.8) is 0 Å². The zero-order chi connectivity index (χ0) is 17.5. The number of rotatable bonds is 5. The van der Waals surface area contributed by atoms with E-state index >= 15 is 0 Å². The summed E-state index contributed by atoms with van der Waals surface area (Å²) in [7, 11) is 1.62. The van der Waals surface area contributed by atoms with Crippen molar-refractivity contribution in [2.24, 2.45) is 5.92 Å². The van der Waals surface area contributed by atoms with Gasteiger partial charge in [0.25, 0.3) is 0 Å². The van der Waals surface area contributed by atoms with E-state index in [0.717, 1.165) is 24.2 Å². The average Bonchev–Trinajstić information content (AvgIpc) is 2.59. The molecule has 2 rings (SSSR count). The lowest BCUT2D eigenvalue weighted by molar-refractivity contribution is -0.126. The number of carbonyl (C=O) groups is 2. The molecule has 1 aromatic rings. The molecule has 1 atom stereocenters. The number of urea groups is 1. The van der Waals surface area contributed by atoms with Gasteiger partial charge in [0.05, 0.1) is 13.0 Å². The Bertz CT molecular complexity index is 574. The Morgan fingerprint density at radius 2 is 2.17 bits per heavy atom. The second-order valence-corrected chi connectivity index (χ2v) is 6.46. The molecule has 1 aromatic carbocycles. The second kappa shape index (κ2) is 8.57. The molecule has 2 N–H and O–H groups in total. The van der Waals surface area contributed by atoms with Gasteiger partial charge in [-0.3, -0.25) is 4.79 Å². The summed E-state index contributed by atoms with van der Waals surface area (Å²) < 4.78 is 5.19. The summed E-state index contributed by atoms with van der Waals surface area (Å²) in [6.45, 7) is 5.51. The lowest BCUT2D eigenvalue weighted by atomic mass is 9.97. The predicted octanol–water partition coefficient (Wildman–Crippen LogP) is 2.14. The maximum Gasteiger partial charge on any atom is 0.317 e. The summed E-state index contributed by atoms with van der Waals surface area (Å²) >= 11 is 0. The van der Waals surface area contributed by atoms with Gasteiger partial charge in [-0.1, -0.05) is 12.1 Å². The van der Waals surface area contributed by atoms with E-state index in [1.54, 1.807) is 12.0 Å². The number of likely N-dealkylation sites (tertiary alicyclic amines) is 1. The largest absolute Gasteiger partial charge is 0.497 e. The summed E-state index contributed by atoms with van der Waals surface area (Å²) in [5, 5.41) is 5.85. The van der Waals surface area contributed by atoms with Crippen molar-refractivity contribution in [1.29, 1.82) is 0 Å². The molecule has 0 spiro atoms. The van der Waals surface area contributed by atoms with Crippen LogP contribution in [0.3, 0.4) is 0 Å². The van der Waals surface area contributed by atoms with Crippen molar-refractivity contribution >= 4 is 11.9 Å². The lowest BCUT2D eigenvalue weighted by Crippen LogP contribution is -2.50. The highest BCUT2D eigenvalue weighted by molar-refractivity contribution is 5.80. The molecule has 1 aliphatic rings. The van der Waals surface area contributed by atoms with Gasteiger partial charge >= 0.3 is 6.03 Å². The molecule has 0 aromatic heterocycles. The molecule has 0 radical (unpaired) electrons. The summed E-state index contributed by atoms with van der Waals surface area (Å²) in [5.41, 5.74) is 0.993. The van der Waals surface area contributed by atoms with Crippen LogP contribution in [0.4, 0.5) is 4.79 Å². The van der Waals surface area contributed by atoms with Crippen molar-refractivity contribution in [3.05, 3.63) is 29.8 Å². The first-order valence-electron chi connectivity index (χ1n) is 8.45. The highest BCUT2D eigenvalue weighted by Crippen LogP contribution is 2.17. The zero-order valence-electron chi connectivity index (χ0n) is 14.7. The number of carbonyl (C=O) groups excluding carboxylic acids is 2.